The molecule has 8 bridgehead atoms. The number of anilines is 1. The molecular formula is C26H19ClN4O4S3. The molecular weight excluding hydrogens is 564 g/mol. The van der Waals surface area contributed by atoms with E-state index in [4.69, 9.17) is 16.3 Å². The number of rotatable bonds is 1. The number of carbonyl (C=O) groups is 1. The lowest BCUT2D eigenvalue weighted by molar-refractivity contribution is 0.0983. The van der Waals surface area contributed by atoms with Crippen LogP contribution in [0.3, 0.4) is 0 Å². The van der Waals surface area contributed by atoms with Gasteiger partial charge in [-0.05, 0) is 55.3 Å². The van der Waals surface area contributed by atoms with Gasteiger partial charge in [-0.25, -0.2) is 23.4 Å². The second kappa shape index (κ2) is 9.42. The molecule has 1 N–H and O–H groups in total. The van der Waals surface area contributed by atoms with Gasteiger partial charge in [-0.15, -0.1) is 22.7 Å². The summed E-state index contributed by atoms with van der Waals surface area (Å²) in [5.41, 5.74) is 3.61. The normalized spacial score (nSPS) is 14.7. The van der Waals surface area contributed by atoms with Gasteiger partial charge in [-0.3, -0.25) is 9.52 Å². The van der Waals surface area contributed by atoms with Crippen molar-refractivity contribution in [2.24, 2.45) is 0 Å². The van der Waals surface area contributed by atoms with Gasteiger partial charge in [0.2, 0.25) is 5.88 Å². The van der Waals surface area contributed by atoms with Crippen molar-refractivity contribution in [1.29, 1.82) is 0 Å². The Hall–Kier alpha value is -3.38. The van der Waals surface area contributed by atoms with Crippen LogP contribution in [0.2, 0.25) is 5.02 Å². The van der Waals surface area contributed by atoms with Crippen LogP contribution in [0.5, 0.6) is 5.88 Å². The fourth-order valence-electron chi connectivity index (χ4n) is 4.39. The average molecular weight is 583 g/mol. The van der Waals surface area contributed by atoms with Gasteiger partial charge < -0.3 is 4.74 Å². The van der Waals surface area contributed by atoms with E-state index >= 15 is 0 Å². The van der Waals surface area contributed by atoms with Crippen molar-refractivity contribution in [2.45, 2.75) is 24.7 Å². The van der Waals surface area contributed by atoms with Crippen LogP contribution >= 0.6 is 34.3 Å². The molecule has 5 heterocycles. The number of aryl methyl sites for hydroxylation is 2. The smallest absolute Gasteiger partial charge is 0.262 e. The largest absolute Gasteiger partial charge is 0.480 e. The van der Waals surface area contributed by atoms with E-state index in [0.29, 0.717) is 12.0 Å². The van der Waals surface area contributed by atoms with Gasteiger partial charge >= 0.3 is 0 Å². The Labute approximate surface area is 231 Å². The lowest BCUT2D eigenvalue weighted by Crippen LogP contribution is -2.15. The van der Waals surface area contributed by atoms with Crippen LogP contribution in [0.1, 0.15) is 27.2 Å². The first-order chi connectivity index (χ1) is 18.2. The number of Topliss-reactive ketones (excluding diaryl/α,β-unsaturated/α-hetero) is 1. The highest BCUT2D eigenvalue weighted by molar-refractivity contribution is 7.92. The summed E-state index contributed by atoms with van der Waals surface area (Å²) in [5.74, 6) is -0.130. The number of thiophene rings is 2. The third-order valence-corrected chi connectivity index (χ3v) is 10.5. The highest BCUT2D eigenvalue weighted by Gasteiger charge is 2.23. The van der Waals surface area contributed by atoms with Gasteiger partial charge in [-0.2, -0.15) is 0 Å². The highest BCUT2D eigenvalue weighted by atomic mass is 35.5. The van der Waals surface area contributed by atoms with E-state index in [2.05, 4.69) is 19.7 Å². The third-order valence-electron chi connectivity index (χ3n) is 6.30. The summed E-state index contributed by atoms with van der Waals surface area (Å²) in [6, 6.07) is 9.78. The summed E-state index contributed by atoms with van der Waals surface area (Å²) in [6.07, 6.45) is 3.86. The molecule has 1 aliphatic rings. The Morgan fingerprint density at radius 2 is 1.89 bits per heavy atom. The van der Waals surface area contributed by atoms with Crippen molar-refractivity contribution in [3.05, 3.63) is 69.9 Å². The van der Waals surface area contributed by atoms with Crippen molar-refractivity contribution in [3.8, 4) is 26.9 Å². The number of sulfonamides is 1. The zero-order valence-corrected chi connectivity index (χ0v) is 23.3. The molecule has 0 aliphatic carbocycles. The number of ketones is 1. The van der Waals surface area contributed by atoms with Crippen molar-refractivity contribution >= 4 is 66.0 Å². The van der Waals surface area contributed by atoms with Gasteiger partial charge in [0, 0.05) is 33.5 Å². The first-order valence-corrected chi connectivity index (χ1v) is 15.0. The van der Waals surface area contributed by atoms with Gasteiger partial charge in [0.15, 0.2) is 5.78 Å². The van der Waals surface area contributed by atoms with Crippen molar-refractivity contribution < 1.29 is 17.9 Å². The molecule has 6 rings (SSSR count). The number of fused-ring (bicyclic) bond motifs is 9. The lowest BCUT2D eigenvalue weighted by atomic mass is 10.1. The molecule has 0 unspecified atom stereocenters. The zero-order valence-electron chi connectivity index (χ0n) is 20.1. The number of nitrogens with zero attached hydrogens (tertiary/aromatic N) is 3. The van der Waals surface area contributed by atoms with Gasteiger partial charge in [0.05, 0.1) is 32.1 Å². The quantitative estimate of drug-likeness (QED) is 0.244. The fraction of sp³-hybridized carbons (Fsp3) is 0.154. The number of ether oxygens (including phenoxy) is 1. The first-order valence-electron chi connectivity index (χ1n) is 11.5. The zero-order chi connectivity index (χ0) is 26.6. The molecule has 0 saturated heterocycles. The minimum atomic E-state index is -4.10. The van der Waals surface area contributed by atoms with Crippen LogP contribution in [-0.4, -0.2) is 36.3 Å². The summed E-state index contributed by atoms with van der Waals surface area (Å²) in [7, 11) is -2.68. The highest BCUT2D eigenvalue weighted by Crippen LogP contribution is 2.43. The lowest BCUT2D eigenvalue weighted by Gasteiger charge is -2.13. The van der Waals surface area contributed by atoms with E-state index in [1.165, 1.54) is 36.6 Å². The molecule has 4 aromatic heterocycles. The Kier molecular flexibility index (Phi) is 6.18. The molecule has 8 nitrogen and oxygen atoms in total. The molecule has 0 saturated carbocycles. The van der Waals surface area contributed by atoms with E-state index in [1.807, 2.05) is 19.1 Å². The summed E-state index contributed by atoms with van der Waals surface area (Å²) < 4.78 is 35.6. The Morgan fingerprint density at radius 1 is 1.05 bits per heavy atom. The minimum Gasteiger partial charge on any atom is -0.480 e. The van der Waals surface area contributed by atoms with Crippen LogP contribution in [0, 0.1) is 6.92 Å². The summed E-state index contributed by atoms with van der Waals surface area (Å²) in [5, 5.41) is 0.197. The molecule has 1 aromatic carbocycles. The molecule has 5 aromatic rings. The van der Waals surface area contributed by atoms with Crippen LogP contribution in [0.4, 0.5) is 5.69 Å². The van der Waals surface area contributed by atoms with Crippen LogP contribution < -0.4 is 9.46 Å². The topological polar surface area (TPSA) is 111 Å². The van der Waals surface area contributed by atoms with Crippen molar-refractivity contribution in [3.63, 3.8) is 0 Å². The standard InChI is InChI=1S/C26H19ClN4O4S3/c1-13-22-25-23(30-12-29-22)21-8-4-15(36-21)3-7-20(32)17-10-16(5-6-18(17)27)38(33,34)31-19-9-14(24(13)37-25)11-28-26(19)35-2/h4-6,8-12,31H,3,7H2,1-2H3. The number of hydrogen-bond donors (Lipinski definition) is 1. The maximum atomic E-state index is 13.4. The number of carbonyl (C=O) groups excluding carboxylic acids is 1. The number of aromatic nitrogens is 3. The minimum absolute atomic E-state index is 0.0878. The number of methoxy groups -OCH3 is 1. The second-order valence-electron chi connectivity index (χ2n) is 8.67. The number of halogens is 1. The maximum Gasteiger partial charge on any atom is 0.262 e. The number of benzene rings is 1. The van der Waals surface area contributed by atoms with Crippen LogP contribution in [0.25, 0.3) is 31.2 Å². The van der Waals surface area contributed by atoms with Crippen LogP contribution in [-0.2, 0) is 16.4 Å². The average Bonchev–Trinajstić information content (AvgIpc) is 3.51. The molecule has 1 aliphatic heterocycles. The molecule has 12 heteroatoms. The van der Waals surface area contributed by atoms with E-state index < -0.39 is 10.0 Å². The van der Waals surface area contributed by atoms with E-state index in [-0.39, 0.29) is 39.3 Å². The summed E-state index contributed by atoms with van der Waals surface area (Å²) in [6.45, 7) is 1.97. The van der Waals surface area contributed by atoms with Crippen molar-refractivity contribution in [2.75, 3.05) is 11.8 Å². The Balaban J connectivity index is 1.60. The predicted molar refractivity (Wildman–Crippen MR) is 150 cm³/mol. The monoisotopic (exact) mass is 582 g/mol. The maximum absolute atomic E-state index is 13.4. The molecule has 0 radical (unpaired) electrons. The SMILES string of the molecule is COc1ncc2cc1NS(=O)(=O)c1ccc(Cl)c(c1)C(=O)CCc1ccc(s1)-c1ncnc3c(C)c-2sc13. The van der Waals surface area contributed by atoms with Gasteiger partial charge in [0.1, 0.15) is 17.7 Å². The predicted octanol–water partition coefficient (Wildman–Crippen LogP) is 6.38. The van der Waals surface area contributed by atoms with E-state index in [9.17, 15) is 13.2 Å². The fourth-order valence-corrected chi connectivity index (χ4v) is 8.00. The van der Waals surface area contributed by atoms with E-state index in [1.54, 1.807) is 29.9 Å². The van der Waals surface area contributed by atoms with Gasteiger partial charge in [0.25, 0.3) is 10.0 Å². The summed E-state index contributed by atoms with van der Waals surface area (Å²) in [4.78, 5) is 29.4. The van der Waals surface area contributed by atoms with E-state index in [0.717, 1.165) is 36.1 Å². The Bertz CT molecular complexity index is 1860. The van der Waals surface area contributed by atoms with Crippen LogP contribution in [0.15, 0.2) is 53.8 Å². The molecule has 0 atom stereocenters. The molecule has 0 fully saturated rings. The summed E-state index contributed by atoms with van der Waals surface area (Å²) >= 11 is 9.41. The molecule has 38 heavy (non-hydrogen) atoms. The second-order valence-corrected chi connectivity index (χ2v) is 13.0. The Morgan fingerprint density at radius 3 is 2.71 bits per heavy atom. The third kappa shape index (κ3) is 4.25. The first kappa shape index (κ1) is 24.9. The molecule has 0 spiro atoms. The van der Waals surface area contributed by atoms with Crippen molar-refractivity contribution in [1.82, 2.24) is 15.0 Å². The molecule has 0 amide bonds. The van der Waals surface area contributed by atoms with Gasteiger partial charge in [-0.1, -0.05) is 11.6 Å². The molecule has 192 valence electrons. The number of hydrogen-bond acceptors (Lipinski definition) is 9. The number of nitrogens with one attached hydrogen (secondary N) is 1. The number of pyridine rings is 1.